The predicted molar refractivity (Wildman–Crippen MR) is 64.7 cm³/mol. The lowest BCUT2D eigenvalue weighted by Gasteiger charge is -2.40. The molecule has 2 nitrogen and oxygen atoms in total. The van der Waals surface area contributed by atoms with E-state index in [9.17, 15) is 0 Å². The molecular formula is C13H27NO. The lowest BCUT2D eigenvalue weighted by Crippen LogP contribution is -2.48. The maximum Gasteiger partial charge on any atom is 0.120 e. The lowest BCUT2D eigenvalue weighted by atomic mass is 10.0. The first-order chi connectivity index (χ1) is 6.80. The largest absolute Gasteiger partial charge is 0.360 e. The molecule has 1 fully saturated rings. The van der Waals surface area contributed by atoms with Crippen molar-refractivity contribution in [3.05, 3.63) is 0 Å². The Morgan fingerprint density at radius 1 is 1.20 bits per heavy atom. The zero-order valence-electron chi connectivity index (χ0n) is 11.4. The summed E-state index contributed by atoms with van der Waals surface area (Å²) in [6.07, 6.45) is 0. The fourth-order valence-electron chi connectivity index (χ4n) is 2.15. The SMILES string of the molecule is CC1C(C)C1COC(C)(C(C)C)N(C)C. The first kappa shape index (κ1) is 13.0. The van der Waals surface area contributed by atoms with Crippen molar-refractivity contribution < 1.29 is 4.74 Å². The van der Waals surface area contributed by atoms with Gasteiger partial charge in [-0.15, -0.1) is 0 Å². The van der Waals surface area contributed by atoms with Gasteiger partial charge in [0, 0.05) is 0 Å². The minimum Gasteiger partial charge on any atom is -0.360 e. The third kappa shape index (κ3) is 2.54. The first-order valence-electron chi connectivity index (χ1n) is 6.12. The van der Waals surface area contributed by atoms with Crippen molar-refractivity contribution in [2.24, 2.45) is 23.7 Å². The Morgan fingerprint density at radius 3 is 1.93 bits per heavy atom. The molecule has 3 unspecified atom stereocenters. The first-order valence-corrected chi connectivity index (χ1v) is 6.12. The van der Waals surface area contributed by atoms with Gasteiger partial charge in [-0.2, -0.15) is 0 Å². The predicted octanol–water partition coefficient (Wildman–Crippen LogP) is 2.84. The molecule has 1 rings (SSSR count). The van der Waals surface area contributed by atoms with Gasteiger partial charge in [-0.3, -0.25) is 4.90 Å². The molecule has 0 aliphatic heterocycles. The van der Waals surface area contributed by atoms with E-state index >= 15 is 0 Å². The molecule has 0 heterocycles. The van der Waals surface area contributed by atoms with Crippen molar-refractivity contribution in [1.82, 2.24) is 4.90 Å². The van der Waals surface area contributed by atoms with Crippen LogP contribution in [-0.2, 0) is 4.74 Å². The molecule has 0 aromatic carbocycles. The van der Waals surface area contributed by atoms with Crippen LogP contribution in [0.4, 0.5) is 0 Å². The van der Waals surface area contributed by atoms with Gasteiger partial charge < -0.3 is 4.74 Å². The molecule has 2 heteroatoms. The van der Waals surface area contributed by atoms with Gasteiger partial charge in [0.2, 0.25) is 0 Å². The monoisotopic (exact) mass is 213 g/mol. The van der Waals surface area contributed by atoms with Crippen molar-refractivity contribution in [3.8, 4) is 0 Å². The van der Waals surface area contributed by atoms with Crippen LogP contribution in [0.2, 0.25) is 0 Å². The van der Waals surface area contributed by atoms with Gasteiger partial charge in [0.15, 0.2) is 0 Å². The Hall–Kier alpha value is -0.0800. The highest BCUT2D eigenvalue weighted by Gasteiger charge is 2.44. The highest BCUT2D eigenvalue weighted by molar-refractivity contribution is 4.91. The highest BCUT2D eigenvalue weighted by Crippen LogP contribution is 2.46. The maximum atomic E-state index is 6.14. The van der Waals surface area contributed by atoms with E-state index < -0.39 is 0 Å². The van der Waals surface area contributed by atoms with E-state index in [2.05, 4.69) is 53.6 Å². The van der Waals surface area contributed by atoms with E-state index in [0.29, 0.717) is 5.92 Å². The molecule has 0 aromatic heterocycles. The van der Waals surface area contributed by atoms with Gasteiger partial charge in [-0.05, 0) is 44.7 Å². The zero-order valence-corrected chi connectivity index (χ0v) is 11.4. The van der Waals surface area contributed by atoms with Gasteiger partial charge in [0.25, 0.3) is 0 Å². The van der Waals surface area contributed by atoms with Crippen molar-refractivity contribution in [1.29, 1.82) is 0 Å². The van der Waals surface area contributed by atoms with Crippen LogP contribution in [0.25, 0.3) is 0 Å². The van der Waals surface area contributed by atoms with Crippen LogP contribution < -0.4 is 0 Å². The van der Waals surface area contributed by atoms with Crippen LogP contribution in [0, 0.1) is 23.7 Å². The molecule has 0 radical (unpaired) electrons. The Morgan fingerprint density at radius 2 is 1.67 bits per heavy atom. The molecule has 15 heavy (non-hydrogen) atoms. The highest BCUT2D eigenvalue weighted by atomic mass is 16.5. The molecular weight excluding hydrogens is 186 g/mol. The molecule has 0 amide bonds. The van der Waals surface area contributed by atoms with E-state index in [1.807, 2.05) is 0 Å². The third-order valence-corrected chi connectivity index (χ3v) is 4.57. The van der Waals surface area contributed by atoms with Crippen LogP contribution in [0.1, 0.15) is 34.6 Å². The van der Waals surface area contributed by atoms with Gasteiger partial charge in [-0.1, -0.05) is 27.7 Å². The molecule has 0 aromatic rings. The number of hydrogen-bond acceptors (Lipinski definition) is 2. The molecule has 1 aliphatic rings. The normalized spacial score (nSPS) is 34.6. The zero-order chi connectivity index (χ0) is 11.8. The number of rotatable bonds is 5. The van der Waals surface area contributed by atoms with Crippen molar-refractivity contribution in [2.45, 2.75) is 40.3 Å². The van der Waals surface area contributed by atoms with Crippen molar-refractivity contribution >= 4 is 0 Å². The molecule has 1 aliphatic carbocycles. The van der Waals surface area contributed by atoms with Crippen LogP contribution in [0.3, 0.4) is 0 Å². The molecule has 0 saturated heterocycles. The number of hydrogen-bond donors (Lipinski definition) is 0. The average Bonchev–Trinajstić information content (AvgIpc) is 2.70. The molecule has 3 atom stereocenters. The average molecular weight is 213 g/mol. The lowest BCUT2D eigenvalue weighted by molar-refractivity contribution is -0.158. The summed E-state index contributed by atoms with van der Waals surface area (Å²) in [7, 11) is 4.19. The topological polar surface area (TPSA) is 12.5 Å². The fraction of sp³-hybridized carbons (Fsp3) is 1.00. The van der Waals surface area contributed by atoms with E-state index in [1.54, 1.807) is 0 Å². The fourth-order valence-corrected chi connectivity index (χ4v) is 2.15. The summed E-state index contributed by atoms with van der Waals surface area (Å²) in [5.41, 5.74) is -0.123. The summed E-state index contributed by atoms with van der Waals surface area (Å²) < 4.78 is 6.14. The van der Waals surface area contributed by atoms with Crippen molar-refractivity contribution in [3.63, 3.8) is 0 Å². The quantitative estimate of drug-likeness (QED) is 0.651. The van der Waals surface area contributed by atoms with Gasteiger partial charge in [0.05, 0.1) is 6.61 Å². The summed E-state index contributed by atoms with van der Waals surface area (Å²) in [4.78, 5) is 2.19. The van der Waals surface area contributed by atoms with Crippen LogP contribution in [-0.4, -0.2) is 31.3 Å². The van der Waals surface area contributed by atoms with E-state index in [-0.39, 0.29) is 5.72 Å². The van der Waals surface area contributed by atoms with E-state index in [0.717, 1.165) is 24.4 Å². The summed E-state index contributed by atoms with van der Waals surface area (Å²) in [5, 5.41) is 0. The minimum absolute atomic E-state index is 0.123. The Balaban J connectivity index is 2.46. The second-order valence-corrected chi connectivity index (χ2v) is 5.80. The van der Waals surface area contributed by atoms with E-state index in [4.69, 9.17) is 4.74 Å². The Bertz CT molecular complexity index is 197. The van der Waals surface area contributed by atoms with E-state index in [1.165, 1.54) is 0 Å². The summed E-state index contributed by atoms with van der Waals surface area (Å²) in [5.74, 6) is 2.99. The number of ether oxygens (including phenoxy) is 1. The Kier molecular flexibility index (Phi) is 3.83. The molecule has 0 bridgehead atoms. The van der Waals surface area contributed by atoms with Crippen LogP contribution in [0.5, 0.6) is 0 Å². The molecule has 0 spiro atoms. The maximum absolute atomic E-state index is 6.14. The van der Waals surface area contributed by atoms with Crippen molar-refractivity contribution in [2.75, 3.05) is 20.7 Å². The smallest absolute Gasteiger partial charge is 0.120 e. The minimum atomic E-state index is -0.123. The summed E-state index contributed by atoms with van der Waals surface area (Å²) in [6.45, 7) is 12.2. The van der Waals surface area contributed by atoms with Gasteiger partial charge >= 0.3 is 0 Å². The van der Waals surface area contributed by atoms with Gasteiger partial charge in [0.1, 0.15) is 5.72 Å². The standard InChI is InChI=1S/C13H27NO/c1-9(2)13(5,14(6)7)15-8-12-10(3)11(12)4/h9-12H,8H2,1-7H3. The summed E-state index contributed by atoms with van der Waals surface area (Å²) >= 11 is 0. The van der Waals surface area contributed by atoms with Crippen LogP contribution in [0.15, 0.2) is 0 Å². The number of nitrogens with zero attached hydrogens (tertiary/aromatic N) is 1. The summed E-state index contributed by atoms with van der Waals surface area (Å²) in [6, 6.07) is 0. The molecule has 1 saturated carbocycles. The second-order valence-electron chi connectivity index (χ2n) is 5.80. The molecule has 0 N–H and O–H groups in total. The van der Waals surface area contributed by atoms with Crippen LogP contribution >= 0.6 is 0 Å². The molecule has 90 valence electrons. The van der Waals surface area contributed by atoms with Gasteiger partial charge in [-0.25, -0.2) is 0 Å². The Labute approximate surface area is 95.0 Å². The third-order valence-electron chi connectivity index (χ3n) is 4.57. The second kappa shape index (κ2) is 4.42.